The summed E-state index contributed by atoms with van der Waals surface area (Å²) in [6.07, 6.45) is 1.26. The van der Waals surface area contributed by atoms with Crippen molar-refractivity contribution >= 4 is 10.0 Å². The molecule has 2 N–H and O–H groups in total. The molecule has 0 aliphatic carbocycles. The predicted octanol–water partition coefficient (Wildman–Crippen LogP) is 0.272. The first-order valence-corrected chi connectivity index (χ1v) is 8.83. The molecule has 2 rings (SSSR count). The first-order chi connectivity index (χ1) is 9.95. The highest BCUT2D eigenvalue weighted by atomic mass is 32.2. The van der Waals surface area contributed by atoms with E-state index in [-0.39, 0.29) is 6.04 Å². The maximum absolute atomic E-state index is 11.6. The zero-order chi connectivity index (χ0) is 15.5. The molecule has 1 heterocycles. The van der Waals surface area contributed by atoms with Crippen molar-refractivity contribution in [3.8, 4) is 5.75 Å². The molecule has 1 aromatic rings. The Bertz CT molecular complexity index is 569. The number of nitrogens with two attached hydrogens (primary N) is 1. The molecule has 0 amide bonds. The number of benzene rings is 1. The lowest BCUT2D eigenvalue weighted by Gasteiger charge is -2.38. The fraction of sp³-hybridized carbons (Fsp3) is 0.571. The zero-order valence-electron chi connectivity index (χ0n) is 12.5. The van der Waals surface area contributed by atoms with E-state index in [4.69, 9.17) is 10.5 Å². The van der Waals surface area contributed by atoms with Gasteiger partial charge in [0.05, 0.1) is 13.4 Å². The molecule has 1 atom stereocenters. The monoisotopic (exact) mass is 313 g/mol. The Labute approximate surface area is 126 Å². The van der Waals surface area contributed by atoms with Gasteiger partial charge in [-0.15, -0.1) is 0 Å². The van der Waals surface area contributed by atoms with Gasteiger partial charge in [-0.2, -0.15) is 4.31 Å². The van der Waals surface area contributed by atoms with Crippen molar-refractivity contribution in [1.29, 1.82) is 0 Å². The van der Waals surface area contributed by atoms with Gasteiger partial charge >= 0.3 is 0 Å². The van der Waals surface area contributed by atoms with Gasteiger partial charge in [0.1, 0.15) is 5.75 Å². The predicted molar refractivity (Wildman–Crippen MR) is 82.8 cm³/mol. The molecular formula is C14H23N3O3S. The van der Waals surface area contributed by atoms with Gasteiger partial charge in [0.15, 0.2) is 0 Å². The van der Waals surface area contributed by atoms with Crippen LogP contribution < -0.4 is 10.5 Å². The third-order valence-electron chi connectivity index (χ3n) is 3.88. The zero-order valence-corrected chi connectivity index (χ0v) is 13.3. The lowest BCUT2D eigenvalue weighted by atomic mass is 10.0. The maximum atomic E-state index is 11.6. The highest BCUT2D eigenvalue weighted by molar-refractivity contribution is 7.88. The molecule has 6 nitrogen and oxygen atoms in total. The SMILES string of the molecule is COc1cccc(C(CN)N2CCN(S(C)(=O)=O)CC2)c1. The molecule has 7 heteroatoms. The van der Waals surface area contributed by atoms with E-state index >= 15 is 0 Å². The number of ether oxygens (including phenoxy) is 1. The van der Waals surface area contributed by atoms with E-state index in [1.807, 2.05) is 24.3 Å². The first kappa shape index (κ1) is 16.2. The molecule has 0 spiro atoms. The minimum absolute atomic E-state index is 0.0850. The van der Waals surface area contributed by atoms with Crippen LogP contribution in [0.25, 0.3) is 0 Å². The standard InChI is InChI=1S/C14H23N3O3S/c1-20-13-5-3-4-12(10-13)14(11-15)16-6-8-17(9-7-16)21(2,18)19/h3-5,10,14H,6-9,11,15H2,1-2H3. The highest BCUT2D eigenvalue weighted by Crippen LogP contribution is 2.24. The topological polar surface area (TPSA) is 75.9 Å². The lowest BCUT2D eigenvalue weighted by molar-refractivity contribution is 0.140. The van der Waals surface area contributed by atoms with Crippen molar-refractivity contribution in [3.63, 3.8) is 0 Å². The number of nitrogens with zero attached hydrogens (tertiary/aromatic N) is 2. The summed E-state index contributed by atoms with van der Waals surface area (Å²) in [7, 11) is -1.46. The van der Waals surface area contributed by atoms with Gasteiger partial charge < -0.3 is 10.5 Å². The molecule has 1 aliphatic heterocycles. The Hall–Kier alpha value is -1.15. The molecule has 1 aromatic carbocycles. The van der Waals surface area contributed by atoms with E-state index in [9.17, 15) is 8.42 Å². The van der Waals surface area contributed by atoms with Crippen LogP contribution in [0.4, 0.5) is 0 Å². The van der Waals surface area contributed by atoms with Crippen molar-refractivity contribution in [2.45, 2.75) is 6.04 Å². The summed E-state index contributed by atoms with van der Waals surface area (Å²) in [6, 6.07) is 7.95. The van der Waals surface area contributed by atoms with Crippen LogP contribution in [0.15, 0.2) is 24.3 Å². The van der Waals surface area contributed by atoms with Crippen LogP contribution in [0.2, 0.25) is 0 Å². The molecular weight excluding hydrogens is 290 g/mol. The van der Waals surface area contributed by atoms with Crippen molar-refractivity contribution in [3.05, 3.63) is 29.8 Å². The summed E-state index contributed by atoms with van der Waals surface area (Å²) >= 11 is 0. The van der Waals surface area contributed by atoms with Gasteiger partial charge in [-0.25, -0.2) is 8.42 Å². The normalized spacial score (nSPS) is 19.4. The molecule has 0 bridgehead atoms. The van der Waals surface area contributed by atoms with E-state index in [2.05, 4.69) is 4.90 Å². The summed E-state index contributed by atoms with van der Waals surface area (Å²) < 4.78 is 29.9. The Morgan fingerprint density at radius 2 is 1.95 bits per heavy atom. The number of piperazine rings is 1. The molecule has 21 heavy (non-hydrogen) atoms. The van der Waals surface area contributed by atoms with Gasteiger partial charge in [0.2, 0.25) is 10.0 Å². The fourth-order valence-corrected chi connectivity index (χ4v) is 3.52. The van der Waals surface area contributed by atoms with Gasteiger partial charge in [0.25, 0.3) is 0 Å². The van der Waals surface area contributed by atoms with Crippen LogP contribution in [0.5, 0.6) is 5.75 Å². The molecule has 0 aromatic heterocycles. The second-order valence-corrected chi connectivity index (χ2v) is 7.21. The third kappa shape index (κ3) is 3.94. The van der Waals surface area contributed by atoms with Crippen molar-refractivity contribution in [2.24, 2.45) is 5.73 Å². The molecule has 1 saturated heterocycles. The summed E-state index contributed by atoms with van der Waals surface area (Å²) in [5, 5.41) is 0. The van der Waals surface area contributed by atoms with Gasteiger partial charge in [-0.3, -0.25) is 4.90 Å². The second-order valence-electron chi connectivity index (χ2n) is 5.23. The second kappa shape index (κ2) is 6.74. The number of methoxy groups -OCH3 is 1. The van der Waals surface area contributed by atoms with E-state index in [1.54, 1.807) is 7.11 Å². The molecule has 0 saturated carbocycles. The Morgan fingerprint density at radius 1 is 1.29 bits per heavy atom. The largest absolute Gasteiger partial charge is 0.497 e. The van der Waals surface area contributed by atoms with Crippen molar-refractivity contribution < 1.29 is 13.2 Å². The van der Waals surface area contributed by atoms with E-state index in [0.717, 1.165) is 11.3 Å². The maximum Gasteiger partial charge on any atom is 0.211 e. The minimum atomic E-state index is -3.10. The van der Waals surface area contributed by atoms with E-state index in [0.29, 0.717) is 32.7 Å². The Kier molecular flexibility index (Phi) is 5.21. The van der Waals surface area contributed by atoms with E-state index < -0.39 is 10.0 Å². The number of rotatable bonds is 5. The van der Waals surface area contributed by atoms with Gasteiger partial charge in [-0.1, -0.05) is 12.1 Å². The summed E-state index contributed by atoms with van der Waals surface area (Å²) in [5.41, 5.74) is 7.03. The number of hydrogen-bond acceptors (Lipinski definition) is 5. The van der Waals surface area contributed by atoms with Crippen LogP contribution >= 0.6 is 0 Å². The minimum Gasteiger partial charge on any atom is -0.497 e. The van der Waals surface area contributed by atoms with Gasteiger partial charge in [-0.05, 0) is 17.7 Å². The van der Waals surface area contributed by atoms with Crippen molar-refractivity contribution in [1.82, 2.24) is 9.21 Å². The third-order valence-corrected chi connectivity index (χ3v) is 5.19. The smallest absolute Gasteiger partial charge is 0.211 e. The molecule has 0 radical (unpaired) electrons. The van der Waals surface area contributed by atoms with Gasteiger partial charge in [0, 0.05) is 38.8 Å². The van der Waals surface area contributed by atoms with E-state index in [1.165, 1.54) is 10.6 Å². The van der Waals surface area contributed by atoms with Crippen LogP contribution in [0.3, 0.4) is 0 Å². The fourth-order valence-electron chi connectivity index (χ4n) is 2.69. The Morgan fingerprint density at radius 3 is 2.48 bits per heavy atom. The summed E-state index contributed by atoms with van der Waals surface area (Å²) in [4.78, 5) is 2.23. The summed E-state index contributed by atoms with van der Waals surface area (Å²) in [5.74, 6) is 0.806. The lowest BCUT2D eigenvalue weighted by Crippen LogP contribution is -2.50. The molecule has 1 unspecified atom stereocenters. The van der Waals surface area contributed by atoms with Crippen LogP contribution in [0.1, 0.15) is 11.6 Å². The van der Waals surface area contributed by atoms with Crippen LogP contribution in [-0.2, 0) is 10.0 Å². The molecule has 118 valence electrons. The average Bonchev–Trinajstić information content (AvgIpc) is 2.48. The molecule has 1 fully saturated rings. The Balaban J connectivity index is 2.09. The number of hydrogen-bond donors (Lipinski definition) is 1. The van der Waals surface area contributed by atoms with Crippen LogP contribution in [-0.4, -0.2) is 63.7 Å². The summed E-state index contributed by atoms with van der Waals surface area (Å²) in [6.45, 7) is 2.89. The van der Waals surface area contributed by atoms with Crippen LogP contribution in [0, 0.1) is 0 Å². The van der Waals surface area contributed by atoms with Crippen molar-refractivity contribution in [2.75, 3.05) is 46.1 Å². The quantitative estimate of drug-likeness (QED) is 0.844. The average molecular weight is 313 g/mol. The first-order valence-electron chi connectivity index (χ1n) is 6.99. The number of sulfonamides is 1. The molecule has 1 aliphatic rings. The highest BCUT2D eigenvalue weighted by Gasteiger charge is 2.27.